The van der Waals surface area contributed by atoms with Crippen molar-refractivity contribution in [1.82, 2.24) is 4.90 Å². The normalized spacial score (nSPS) is 17.1. The second-order valence-electron chi connectivity index (χ2n) is 7.10. The van der Waals surface area contributed by atoms with Crippen LogP contribution in [-0.2, 0) is 19.4 Å². The van der Waals surface area contributed by atoms with Crippen LogP contribution in [-0.4, -0.2) is 11.4 Å². The number of benzene rings is 2. The molecule has 1 nitrogen and oxygen atoms in total. The first-order chi connectivity index (χ1) is 13.1. The summed E-state index contributed by atoms with van der Waals surface area (Å²) in [4.78, 5) is 5.37. The Morgan fingerprint density at radius 1 is 1.19 bits per heavy atom. The Morgan fingerprint density at radius 2 is 1.96 bits per heavy atom. The van der Waals surface area contributed by atoms with Gasteiger partial charge in [0.25, 0.3) is 0 Å². The minimum atomic E-state index is -0.286. The average molecular weight is 400 g/mol. The number of nitrogens with zero attached hydrogens (tertiary/aromatic N) is 1. The van der Waals surface area contributed by atoms with E-state index in [1.807, 2.05) is 17.4 Å². The number of hydrogen-bond donors (Lipinski definition) is 0. The highest BCUT2D eigenvalue weighted by Crippen LogP contribution is 2.43. The molecule has 0 unspecified atom stereocenters. The molecule has 0 radical (unpaired) electrons. The lowest BCUT2D eigenvalue weighted by Crippen LogP contribution is -2.35. The van der Waals surface area contributed by atoms with Crippen molar-refractivity contribution in [3.8, 4) is 0 Å². The zero-order valence-electron chi connectivity index (χ0n) is 15.6. The summed E-state index contributed by atoms with van der Waals surface area (Å²) in [7, 11) is 0. The fourth-order valence-corrected chi connectivity index (χ4v) is 5.89. The van der Waals surface area contributed by atoms with Crippen molar-refractivity contribution in [2.75, 3.05) is 6.54 Å². The van der Waals surface area contributed by atoms with E-state index in [9.17, 15) is 4.39 Å². The maximum absolute atomic E-state index is 13.5. The summed E-state index contributed by atoms with van der Waals surface area (Å²) in [5.74, 6) is -0.286. The van der Waals surface area contributed by atoms with Gasteiger partial charge < -0.3 is 0 Å². The van der Waals surface area contributed by atoms with Gasteiger partial charge in [0, 0.05) is 27.9 Å². The summed E-state index contributed by atoms with van der Waals surface area (Å²) >= 11 is 8.26. The van der Waals surface area contributed by atoms with Gasteiger partial charge in [0.1, 0.15) is 5.82 Å². The lowest BCUT2D eigenvalue weighted by molar-refractivity contribution is 0.207. The Labute approximate surface area is 169 Å². The van der Waals surface area contributed by atoms with E-state index in [1.165, 1.54) is 38.6 Å². The number of aryl methyl sites for hydroxylation is 1. The fourth-order valence-electron chi connectivity index (χ4n) is 4.19. The van der Waals surface area contributed by atoms with Crippen molar-refractivity contribution in [3.05, 3.63) is 91.4 Å². The quantitative estimate of drug-likeness (QED) is 0.480. The molecule has 1 aliphatic rings. The number of halogens is 2. The molecule has 0 N–H and O–H groups in total. The standard InChI is InChI=1S/C23H23ClFNS/c1-3-19-15(2)27-23-20(19)11-12-26(22(23)16-7-5-4-6-8-16)14-17-9-10-18(25)13-21(17)24/h4-10,13,22H,3,11-12,14H2,1-2H3/t22-/m1/s1. The number of fused-ring (bicyclic) bond motifs is 1. The van der Waals surface area contributed by atoms with Gasteiger partial charge in [-0.25, -0.2) is 4.39 Å². The highest BCUT2D eigenvalue weighted by molar-refractivity contribution is 7.12. The molecular formula is C23H23ClFNS. The lowest BCUT2D eigenvalue weighted by atomic mass is 9.91. The fraction of sp³-hybridized carbons (Fsp3) is 0.304. The second kappa shape index (κ2) is 7.75. The highest BCUT2D eigenvalue weighted by atomic mass is 35.5. The van der Waals surface area contributed by atoms with Crippen LogP contribution in [0, 0.1) is 12.7 Å². The average Bonchev–Trinajstić information content (AvgIpc) is 2.99. The molecule has 0 bridgehead atoms. The van der Waals surface area contributed by atoms with Crippen LogP contribution in [0.25, 0.3) is 0 Å². The smallest absolute Gasteiger partial charge is 0.124 e. The van der Waals surface area contributed by atoms with E-state index in [0.717, 1.165) is 31.5 Å². The molecule has 1 aromatic heterocycles. The predicted octanol–water partition coefficient (Wildman–Crippen LogP) is 6.56. The van der Waals surface area contributed by atoms with Gasteiger partial charge in [-0.05, 0) is 54.2 Å². The Morgan fingerprint density at radius 3 is 2.67 bits per heavy atom. The Bertz CT molecular complexity index is 951. The largest absolute Gasteiger partial charge is 0.287 e. The minimum absolute atomic E-state index is 0.222. The van der Waals surface area contributed by atoms with E-state index in [1.54, 1.807) is 0 Å². The molecule has 0 aliphatic carbocycles. The highest BCUT2D eigenvalue weighted by Gasteiger charge is 2.32. The molecule has 0 saturated heterocycles. The van der Waals surface area contributed by atoms with Gasteiger partial charge in [-0.3, -0.25) is 4.90 Å². The van der Waals surface area contributed by atoms with E-state index in [2.05, 4.69) is 49.1 Å². The first-order valence-electron chi connectivity index (χ1n) is 9.42. The number of hydrogen-bond acceptors (Lipinski definition) is 2. The molecule has 0 fully saturated rings. The van der Waals surface area contributed by atoms with Crippen LogP contribution in [0.1, 0.15) is 45.0 Å². The van der Waals surface area contributed by atoms with Crippen LogP contribution < -0.4 is 0 Å². The van der Waals surface area contributed by atoms with E-state index in [0.29, 0.717) is 5.02 Å². The van der Waals surface area contributed by atoms with Crippen molar-refractivity contribution in [2.24, 2.45) is 0 Å². The van der Waals surface area contributed by atoms with Crippen molar-refractivity contribution < 1.29 is 4.39 Å². The van der Waals surface area contributed by atoms with Crippen molar-refractivity contribution in [3.63, 3.8) is 0 Å². The molecule has 0 amide bonds. The molecule has 27 heavy (non-hydrogen) atoms. The molecule has 2 aromatic carbocycles. The second-order valence-corrected chi connectivity index (χ2v) is 8.77. The molecule has 140 valence electrons. The van der Waals surface area contributed by atoms with Gasteiger partial charge in [-0.15, -0.1) is 11.3 Å². The first kappa shape index (κ1) is 18.7. The van der Waals surface area contributed by atoms with E-state index >= 15 is 0 Å². The zero-order chi connectivity index (χ0) is 19.0. The lowest BCUT2D eigenvalue weighted by Gasteiger charge is -2.36. The minimum Gasteiger partial charge on any atom is -0.287 e. The summed E-state index contributed by atoms with van der Waals surface area (Å²) < 4.78 is 13.5. The molecule has 2 heterocycles. The monoisotopic (exact) mass is 399 g/mol. The van der Waals surface area contributed by atoms with Crippen molar-refractivity contribution in [2.45, 2.75) is 39.3 Å². The Hall–Kier alpha value is -1.68. The van der Waals surface area contributed by atoms with E-state index in [4.69, 9.17) is 11.6 Å². The van der Waals surface area contributed by atoms with Crippen LogP contribution in [0.2, 0.25) is 5.02 Å². The summed E-state index contributed by atoms with van der Waals surface area (Å²) in [5.41, 5.74) is 5.35. The molecule has 1 aliphatic heterocycles. The maximum Gasteiger partial charge on any atom is 0.124 e. The topological polar surface area (TPSA) is 3.24 Å². The van der Waals surface area contributed by atoms with Crippen LogP contribution in [0.3, 0.4) is 0 Å². The third-order valence-electron chi connectivity index (χ3n) is 5.47. The third-order valence-corrected chi connectivity index (χ3v) is 7.06. The van der Waals surface area contributed by atoms with Crippen LogP contribution in [0.15, 0.2) is 48.5 Å². The summed E-state index contributed by atoms with van der Waals surface area (Å²) in [6.45, 7) is 6.18. The van der Waals surface area contributed by atoms with Gasteiger partial charge in [-0.2, -0.15) is 0 Å². The van der Waals surface area contributed by atoms with Crippen LogP contribution in [0.5, 0.6) is 0 Å². The molecule has 1 atom stereocenters. The zero-order valence-corrected chi connectivity index (χ0v) is 17.2. The Balaban J connectivity index is 1.76. The molecule has 0 spiro atoms. The molecule has 4 heteroatoms. The van der Waals surface area contributed by atoms with Crippen LogP contribution in [0.4, 0.5) is 4.39 Å². The van der Waals surface area contributed by atoms with Crippen molar-refractivity contribution >= 4 is 22.9 Å². The summed E-state index contributed by atoms with van der Waals surface area (Å²) in [6, 6.07) is 15.6. The number of rotatable bonds is 4. The molecule has 3 aromatic rings. The van der Waals surface area contributed by atoms with Gasteiger partial charge in [0.15, 0.2) is 0 Å². The predicted molar refractivity (Wildman–Crippen MR) is 112 cm³/mol. The molecular weight excluding hydrogens is 377 g/mol. The maximum atomic E-state index is 13.5. The molecule has 4 rings (SSSR count). The SMILES string of the molecule is CCc1c(C)sc2c1CCN(Cc1ccc(F)cc1Cl)[C@@H]2c1ccccc1. The molecule has 0 saturated carbocycles. The van der Waals surface area contributed by atoms with Crippen molar-refractivity contribution in [1.29, 1.82) is 0 Å². The van der Waals surface area contributed by atoms with Gasteiger partial charge >= 0.3 is 0 Å². The Kier molecular flexibility index (Phi) is 5.36. The summed E-state index contributed by atoms with van der Waals surface area (Å²) in [6.07, 6.45) is 2.15. The van der Waals surface area contributed by atoms with E-state index in [-0.39, 0.29) is 11.9 Å². The van der Waals surface area contributed by atoms with Gasteiger partial charge in [0.2, 0.25) is 0 Å². The van der Waals surface area contributed by atoms with Crippen LogP contribution >= 0.6 is 22.9 Å². The van der Waals surface area contributed by atoms with Gasteiger partial charge in [-0.1, -0.05) is 54.9 Å². The van der Waals surface area contributed by atoms with E-state index < -0.39 is 0 Å². The summed E-state index contributed by atoms with van der Waals surface area (Å²) in [5, 5.41) is 0.504. The number of thiophene rings is 1. The third kappa shape index (κ3) is 3.56. The first-order valence-corrected chi connectivity index (χ1v) is 10.6. The van der Waals surface area contributed by atoms with Gasteiger partial charge in [0.05, 0.1) is 6.04 Å².